The van der Waals surface area contributed by atoms with E-state index in [0.29, 0.717) is 11.4 Å². The van der Waals surface area contributed by atoms with Crippen molar-refractivity contribution >= 4 is 23.3 Å². The zero-order valence-corrected chi connectivity index (χ0v) is 13.9. The summed E-state index contributed by atoms with van der Waals surface area (Å²) < 4.78 is 0. The van der Waals surface area contributed by atoms with Crippen molar-refractivity contribution in [3.8, 4) is 0 Å². The van der Waals surface area contributed by atoms with Crippen LogP contribution in [0, 0.1) is 0 Å². The highest BCUT2D eigenvalue weighted by Crippen LogP contribution is 2.15. The standard InChI is InChI=1S/C18H21N5O2/c24-17(13-21-18(25)14-4-2-1-3-5-14)22-16-7-6-15(12-20-16)23-10-8-19-9-11-23/h1-7,12,19H,8-11,13H2,(H,21,25)(H,20,22,24). The molecule has 7 nitrogen and oxygen atoms in total. The van der Waals surface area contributed by atoms with Crippen molar-refractivity contribution in [3.63, 3.8) is 0 Å². The van der Waals surface area contributed by atoms with Gasteiger partial charge in [-0.2, -0.15) is 0 Å². The Morgan fingerprint density at radius 3 is 2.52 bits per heavy atom. The third kappa shape index (κ3) is 4.77. The van der Waals surface area contributed by atoms with Gasteiger partial charge in [-0.25, -0.2) is 4.98 Å². The molecule has 0 radical (unpaired) electrons. The first kappa shape index (κ1) is 16.9. The van der Waals surface area contributed by atoms with Crippen LogP contribution in [0.15, 0.2) is 48.7 Å². The van der Waals surface area contributed by atoms with Crippen LogP contribution in [-0.4, -0.2) is 49.5 Å². The van der Waals surface area contributed by atoms with Crippen LogP contribution in [-0.2, 0) is 4.79 Å². The minimum Gasteiger partial charge on any atom is -0.368 e. The van der Waals surface area contributed by atoms with Gasteiger partial charge in [0.1, 0.15) is 5.82 Å². The number of hydrogen-bond acceptors (Lipinski definition) is 5. The van der Waals surface area contributed by atoms with E-state index in [1.54, 1.807) is 36.5 Å². The van der Waals surface area contributed by atoms with Gasteiger partial charge in [0.05, 0.1) is 18.4 Å². The average Bonchev–Trinajstić information content (AvgIpc) is 2.68. The fourth-order valence-corrected chi connectivity index (χ4v) is 2.61. The minimum absolute atomic E-state index is 0.102. The second kappa shape index (κ2) is 8.25. The Bertz CT molecular complexity index is 712. The number of nitrogens with zero attached hydrogens (tertiary/aromatic N) is 2. The van der Waals surface area contributed by atoms with Gasteiger partial charge < -0.3 is 20.9 Å². The molecular formula is C18H21N5O2. The lowest BCUT2D eigenvalue weighted by Crippen LogP contribution is -2.43. The van der Waals surface area contributed by atoms with Gasteiger partial charge in [-0.3, -0.25) is 9.59 Å². The molecule has 3 rings (SSSR count). The summed E-state index contributed by atoms with van der Waals surface area (Å²) in [4.78, 5) is 30.4. The summed E-state index contributed by atoms with van der Waals surface area (Å²) in [5.74, 6) is -0.123. The summed E-state index contributed by atoms with van der Waals surface area (Å²) in [6, 6.07) is 12.5. The highest BCUT2D eigenvalue weighted by Gasteiger charge is 2.11. The Labute approximate surface area is 146 Å². The SMILES string of the molecule is O=C(CNC(=O)c1ccccc1)Nc1ccc(N2CCNCC2)cn1. The summed E-state index contributed by atoms with van der Waals surface area (Å²) in [5.41, 5.74) is 1.56. The number of hydrogen-bond donors (Lipinski definition) is 3. The van der Waals surface area contributed by atoms with Gasteiger partial charge in [0.2, 0.25) is 5.91 Å². The summed E-state index contributed by atoms with van der Waals surface area (Å²) in [6.45, 7) is 3.70. The Balaban J connectivity index is 1.48. The van der Waals surface area contributed by atoms with Gasteiger partial charge in [-0.05, 0) is 24.3 Å². The van der Waals surface area contributed by atoms with E-state index in [-0.39, 0.29) is 18.4 Å². The first-order valence-corrected chi connectivity index (χ1v) is 8.27. The molecule has 2 amide bonds. The molecular weight excluding hydrogens is 318 g/mol. The zero-order valence-electron chi connectivity index (χ0n) is 13.9. The average molecular weight is 339 g/mol. The molecule has 1 saturated heterocycles. The minimum atomic E-state index is -0.313. The van der Waals surface area contributed by atoms with Crippen molar-refractivity contribution in [2.24, 2.45) is 0 Å². The van der Waals surface area contributed by atoms with Crippen LogP contribution >= 0.6 is 0 Å². The van der Waals surface area contributed by atoms with Gasteiger partial charge >= 0.3 is 0 Å². The van der Waals surface area contributed by atoms with Crippen LogP contribution < -0.4 is 20.9 Å². The first-order valence-electron chi connectivity index (χ1n) is 8.27. The number of amides is 2. The van der Waals surface area contributed by atoms with Crippen molar-refractivity contribution in [2.75, 3.05) is 42.9 Å². The van der Waals surface area contributed by atoms with Crippen molar-refractivity contribution < 1.29 is 9.59 Å². The van der Waals surface area contributed by atoms with Gasteiger partial charge in [-0.1, -0.05) is 18.2 Å². The molecule has 2 aromatic rings. The van der Waals surface area contributed by atoms with Crippen molar-refractivity contribution in [2.45, 2.75) is 0 Å². The summed E-state index contributed by atoms with van der Waals surface area (Å²) in [7, 11) is 0. The number of benzene rings is 1. The predicted molar refractivity (Wildman–Crippen MR) is 96.7 cm³/mol. The molecule has 3 N–H and O–H groups in total. The van der Waals surface area contributed by atoms with Gasteiger partial charge in [0, 0.05) is 31.7 Å². The van der Waals surface area contributed by atoms with Crippen LogP contribution in [0.2, 0.25) is 0 Å². The normalized spacial score (nSPS) is 14.0. The van der Waals surface area contributed by atoms with Gasteiger partial charge in [0.15, 0.2) is 0 Å². The molecule has 0 aliphatic carbocycles. The monoisotopic (exact) mass is 339 g/mol. The molecule has 1 fully saturated rings. The molecule has 2 heterocycles. The van der Waals surface area contributed by atoms with E-state index in [0.717, 1.165) is 31.9 Å². The van der Waals surface area contributed by atoms with Crippen molar-refractivity contribution in [3.05, 3.63) is 54.2 Å². The number of carbonyl (C=O) groups is 2. The number of piperazine rings is 1. The number of aromatic nitrogens is 1. The van der Waals surface area contributed by atoms with E-state index in [1.165, 1.54) is 0 Å². The number of carbonyl (C=O) groups excluding carboxylic acids is 2. The van der Waals surface area contributed by atoms with E-state index in [4.69, 9.17) is 0 Å². The molecule has 0 atom stereocenters. The predicted octanol–water partition coefficient (Wildman–Crippen LogP) is 0.860. The Morgan fingerprint density at radius 1 is 1.08 bits per heavy atom. The first-order chi connectivity index (χ1) is 12.2. The van der Waals surface area contributed by atoms with Crippen LogP contribution in [0.4, 0.5) is 11.5 Å². The van der Waals surface area contributed by atoms with Crippen LogP contribution in [0.5, 0.6) is 0 Å². The molecule has 130 valence electrons. The van der Waals surface area contributed by atoms with E-state index >= 15 is 0 Å². The Kier molecular flexibility index (Phi) is 5.58. The molecule has 1 aliphatic heterocycles. The lowest BCUT2D eigenvalue weighted by Gasteiger charge is -2.29. The summed E-state index contributed by atoms with van der Waals surface area (Å²) in [6.07, 6.45) is 1.75. The van der Waals surface area contributed by atoms with E-state index in [2.05, 4.69) is 25.8 Å². The van der Waals surface area contributed by atoms with E-state index in [1.807, 2.05) is 12.1 Å². The van der Waals surface area contributed by atoms with Crippen LogP contribution in [0.3, 0.4) is 0 Å². The number of pyridine rings is 1. The number of nitrogens with one attached hydrogen (secondary N) is 3. The molecule has 1 aliphatic rings. The third-order valence-corrected chi connectivity index (χ3v) is 3.94. The summed E-state index contributed by atoms with van der Waals surface area (Å²) in [5, 5.41) is 8.57. The zero-order chi connectivity index (χ0) is 17.5. The molecule has 0 unspecified atom stereocenters. The Hall–Kier alpha value is -2.93. The van der Waals surface area contributed by atoms with E-state index < -0.39 is 0 Å². The third-order valence-electron chi connectivity index (χ3n) is 3.94. The highest BCUT2D eigenvalue weighted by molar-refractivity contribution is 5.99. The van der Waals surface area contributed by atoms with E-state index in [9.17, 15) is 9.59 Å². The van der Waals surface area contributed by atoms with Gasteiger partial charge in [0.25, 0.3) is 5.91 Å². The molecule has 0 saturated carbocycles. The second-order valence-corrected chi connectivity index (χ2v) is 5.74. The number of anilines is 2. The second-order valence-electron chi connectivity index (χ2n) is 5.74. The maximum absolute atomic E-state index is 12.0. The molecule has 0 bridgehead atoms. The number of rotatable bonds is 5. The van der Waals surface area contributed by atoms with Gasteiger partial charge in [-0.15, -0.1) is 0 Å². The van der Waals surface area contributed by atoms with Crippen LogP contribution in [0.1, 0.15) is 10.4 Å². The maximum Gasteiger partial charge on any atom is 0.251 e. The van der Waals surface area contributed by atoms with Crippen molar-refractivity contribution in [1.82, 2.24) is 15.6 Å². The molecule has 7 heteroatoms. The highest BCUT2D eigenvalue weighted by atomic mass is 16.2. The van der Waals surface area contributed by atoms with Crippen molar-refractivity contribution in [1.29, 1.82) is 0 Å². The lowest BCUT2D eigenvalue weighted by molar-refractivity contribution is -0.115. The smallest absolute Gasteiger partial charge is 0.251 e. The maximum atomic E-state index is 12.0. The quantitative estimate of drug-likeness (QED) is 0.752. The topological polar surface area (TPSA) is 86.4 Å². The molecule has 25 heavy (non-hydrogen) atoms. The molecule has 1 aromatic carbocycles. The fourth-order valence-electron chi connectivity index (χ4n) is 2.61. The summed E-state index contributed by atoms with van der Waals surface area (Å²) >= 11 is 0. The molecule has 1 aromatic heterocycles. The fraction of sp³-hybridized carbons (Fsp3) is 0.278. The largest absolute Gasteiger partial charge is 0.368 e. The lowest BCUT2D eigenvalue weighted by atomic mass is 10.2. The Morgan fingerprint density at radius 2 is 1.84 bits per heavy atom. The molecule has 0 spiro atoms. The van der Waals surface area contributed by atoms with Crippen LogP contribution in [0.25, 0.3) is 0 Å².